The molecule has 1 saturated heterocycles. The van der Waals surface area contributed by atoms with Gasteiger partial charge in [0.1, 0.15) is 16.8 Å². The number of pyridine rings is 1. The Kier molecular flexibility index (Phi) is 6.96. The van der Waals surface area contributed by atoms with Crippen LogP contribution in [-0.4, -0.2) is 34.3 Å². The fraction of sp³-hybridized carbons (Fsp3) is 0.400. The van der Waals surface area contributed by atoms with Gasteiger partial charge < -0.3 is 5.32 Å². The molecule has 5 nitrogen and oxygen atoms in total. The Bertz CT molecular complexity index is 890. The van der Waals surface area contributed by atoms with Crippen LogP contribution in [0.2, 0.25) is 10.0 Å². The molecule has 150 valence electrons. The molecule has 2 heterocycles. The Hall–Kier alpha value is -1.63. The van der Waals surface area contributed by atoms with Crippen LogP contribution in [-0.2, 0) is 11.0 Å². The van der Waals surface area contributed by atoms with Crippen LogP contribution in [0, 0.1) is 0 Å². The summed E-state index contributed by atoms with van der Waals surface area (Å²) in [5.41, 5.74) is 2.87. The van der Waals surface area contributed by atoms with E-state index >= 15 is 0 Å². The maximum atomic E-state index is 11.9. The maximum Gasteiger partial charge on any atom is 0.151 e. The summed E-state index contributed by atoms with van der Waals surface area (Å²) >= 11 is 11.7. The lowest BCUT2D eigenvalue weighted by Crippen LogP contribution is -2.22. The van der Waals surface area contributed by atoms with Crippen LogP contribution in [0.1, 0.15) is 48.0 Å². The number of carbonyl (C=O) groups is 1. The standard InChI is InChI=1S/C10H11ClN2O2S.C10H12ClN/c1-7-2-3-13(16(7)15)10-4-8(6-14)9(11)5-12-10;1-12-10-5-8(7-2-3-7)4-9(11)6-10/h4-7H,2-3H2,1H3;4-7,12H,2-3H2,1H3. The van der Waals surface area contributed by atoms with Crippen molar-refractivity contribution in [3.63, 3.8) is 0 Å². The van der Waals surface area contributed by atoms with E-state index in [0.29, 0.717) is 29.2 Å². The monoisotopic (exact) mass is 439 g/mol. The van der Waals surface area contributed by atoms with Crippen molar-refractivity contribution in [1.82, 2.24) is 4.98 Å². The number of hydrogen-bond donors (Lipinski definition) is 1. The van der Waals surface area contributed by atoms with Gasteiger partial charge in [0, 0.05) is 36.1 Å². The van der Waals surface area contributed by atoms with Crippen molar-refractivity contribution in [3.8, 4) is 0 Å². The molecule has 4 rings (SSSR count). The molecule has 1 saturated carbocycles. The molecular formula is C20H23Cl2N3O2S. The minimum Gasteiger partial charge on any atom is -0.388 e. The van der Waals surface area contributed by atoms with Gasteiger partial charge in [0.25, 0.3) is 0 Å². The highest BCUT2D eigenvalue weighted by Gasteiger charge is 2.28. The van der Waals surface area contributed by atoms with E-state index in [9.17, 15) is 9.00 Å². The van der Waals surface area contributed by atoms with Crippen molar-refractivity contribution in [3.05, 3.63) is 51.6 Å². The summed E-state index contributed by atoms with van der Waals surface area (Å²) in [4.78, 5) is 14.8. The third-order valence-corrected chi connectivity index (χ3v) is 7.07. The molecule has 1 aliphatic heterocycles. The molecule has 8 heteroatoms. The van der Waals surface area contributed by atoms with Gasteiger partial charge in [-0.15, -0.1) is 0 Å². The lowest BCUT2D eigenvalue weighted by Gasteiger charge is -2.15. The highest BCUT2D eigenvalue weighted by molar-refractivity contribution is 7.87. The predicted molar refractivity (Wildman–Crippen MR) is 117 cm³/mol. The second-order valence-corrected chi connectivity index (χ2v) is 9.60. The van der Waals surface area contributed by atoms with Crippen molar-refractivity contribution < 1.29 is 9.00 Å². The highest BCUT2D eigenvalue weighted by Crippen LogP contribution is 2.41. The van der Waals surface area contributed by atoms with Crippen LogP contribution in [0.3, 0.4) is 0 Å². The van der Waals surface area contributed by atoms with Gasteiger partial charge >= 0.3 is 0 Å². The normalized spacial score (nSPS) is 21.1. The van der Waals surface area contributed by atoms with Gasteiger partial charge in [0.2, 0.25) is 0 Å². The van der Waals surface area contributed by atoms with Crippen LogP contribution in [0.25, 0.3) is 0 Å². The quantitative estimate of drug-likeness (QED) is 0.675. The van der Waals surface area contributed by atoms with Gasteiger partial charge in [0.15, 0.2) is 6.29 Å². The smallest absolute Gasteiger partial charge is 0.151 e. The first-order chi connectivity index (χ1) is 13.4. The number of rotatable bonds is 4. The van der Waals surface area contributed by atoms with Crippen molar-refractivity contribution >= 4 is 52.0 Å². The molecule has 0 amide bonds. The molecule has 1 aliphatic carbocycles. The van der Waals surface area contributed by atoms with Crippen LogP contribution in [0.4, 0.5) is 11.5 Å². The Morgan fingerprint density at radius 1 is 1.21 bits per heavy atom. The maximum absolute atomic E-state index is 11.9. The number of aromatic nitrogens is 1. The molecule has 1 aromatic carbocycles. The first kappa shape index (κ1) is 21.1. The molecule has 1 N–H and O–H groups in total. The van der Waals surface area contributed by atoms with Gasteiger partial charge in [0.05, 0.1) is 10.3 Å². The van der Waals surface area contributed by atoms with Crippen molar-refractivity contribution in [2.24, 2.45) is 0 Å². The largest absolute Gasteiger partial charge is 0.388 e. The lowest BCUT2D eigenvalue weighted by molar-refractivity contribution is 0.112. The third-order valence-electron chi connectivity index (χ3n) is 4.81. The van der Waals surface area contributed by atoms with E-state index in [4.69, 9.17) is 23.2 Å². The first-order valence-corrected chi connectivity index (χ1v) is 11.1. The zero-order valence-electron chi connectivity index (χ0n) is 15.8. The molecular weight excluding hydrogens is 417 g/mol. The highest BCUT2D eigenvalue weighted by atomic mass is 35.5. The number of benzene rings is 1. The van der Waals surface area contributed by atoms with E-state index in [-0.39, 0.29) is 5.25 Å². The van der Waals surface area contributed by atoms with Gasteiger partial charge in [-0.25, -0.2) is 9.19 Å². The fourth-order valence-corrected chi connectivity index (χ4v) is 4.69. The van der Waals surface area contributed by atoms with Crippen molar-refractivity contribution in [2.45, 2.75) is 37.4 Å². The number of aldehydes is 1. The fourth-order valence-electron chi connectivity index (χ4n) is 2.99. The van der Waals surface area contributed by atoms with Crippen LogP contribution < -0.4 is 9.62 Å². The molecule has 2 fully saturated rings. The van der Waals surface area contributed by atoms with Crippen LogP contribution in [0.15, 0.2) is 30.5 Å². The molecule has 0 radical (unpaired) electrons. The molecule has 2 aliphatic rings. The van der Waals surface area contributed by atoms with Crippen LogP contribution >= 0.6 is 23.2 Å². The topological polar surface area (TPSA) is 62.3 Å². The van der Waals surface area contributed by atoms with E-state index < -0.39 is 11.0 Å². The van der Waals surface area contributed by atoms with Gasteiger partial charge in [-0.05, 0) is 61.9 Å². The Morgan fingerprint density at radius 2 is 1.96 bits per heavy atom. The van der Waals surface area contributed by atoms with E-state index in [1.165, 1.54) is 24.6 Å². The van der Waals surface area contributed by atoms with E-state index in [1.807, 2.05) is 20.0 Å². The molecule has 0 spiro atoms. The summed E-state index contributed by atoms with van der Waals surface area (Å²) in [5, 5.41) is 4.40. The Balaban J connectivity index is 0.000000167. The number of anilines is 2. The first-order valence-electron chi connectivity index (χ1n) is 9.20. The second kappa shape index (κ2) is 9.25. The molecule has 2 atom stereocenters. The van der Waals surface area contributed by atoms with Crippen LogP contribution in [0.5, 0.6) is 0 Å². The van der Waals surface area contributed by atoms with Gasteiger partial charge in [-0.2, -0.15) is 0 Å². The number of carbonyl (C=O) groups excluding carboxylic acids is 1. The van der Waals surface area contributed by atoms with Crippen molar-refractivity contribution in [2.75, 3.05) is 23.2 Å². The second-order valence-electron chi connectivity index (χ2n) is 6.96. The number of nitrogens with one attached hydrogen (secondary N) is 1. The molecule has 0 bridgehead atoms. The molecule has 28 heavy (non-hydrogen) atoms. The molecule has 1 aromatic heterocycles. The zero-order chi connectivity index (χ0) is 20.3. The zero-order valence-corrected chi connectivity index (χ0v) is 18.2. The summed E-state index contributed by atoms with van der Waals surface area (Å²) in [5.74, 6) is 1.32. The molecule has 2 unspecified atom stereocenters. The van der Waals surface area contributed by atoms with E-state index in [2.05, 4.69) is 22.4 Å². The summed E-state index contributed by atoms with van der Waals surface area (Å²) in [6, 6.07) is 7.78. The minimum absolute atomic E-state index is 0.136. The summed E-state index contributed by atoms with van der Waals surface area (Å²) in [6.45, 7) is 2.63. The number of nitrogens with zero attached hydrogens (tertiary/aromatic N) is 2. The predicted octanol–water partition coefficient (Wildman–Crippen LogP) is 5.07. The summed E-state index contributed by atoms with van der Waals surface area (Å²) in [7, 11) is 0.858. The Labute approximate surface area is 178 Å². The van der Waals surface area contributed by atoms with E-state index in [1.54, 1.807) is 10.4 Å². The average Bonchev–Trinajstić information content (AvgIpc) is 3.49. The van der Waals surface area contributed by atoms with Gasteiger partial charge in [-0.3, -0.25) is 9.10 Å². The minimum atomic E-state index is -1.06. The number of hydrogen-bond acceptors (Lipinski definition) is 4. The summed E-state index contributed by atoms with van der Waals surface area (Å²) in [6.07, 6.45) is 5.61. The summed E-state index contributed by atoms with van der Waals surface area (Å²) < 4.78 is 13.6. The average molecular weight is 440 g/mol. The SMILES string of the molecule is CC1CCN(c2cc(C=O)c(Cl)cn2)S1=O.CNc1cc(Cl)cc(C2CC2)c1. The third kappa shape index (κ3) is 5.04. The Morgan fingerprint density at radius 3 is 2.54 bits per heavy atom. The van der Waals surface area contributed by atoms with Gasteiger partial charge in [-0.1, -0.05) is 23.2 Å². The number of halogens is 2. The van der Waals surface area contributed by atoms with E-state index in [0.717, 1.165) is 23.0 Å². The lowest BCUT2D eigenvalue weighted by atomic mass is 10.1. The van der Waals surface area contributed by atoms with Crippen molar-refractivity contribution in [1.29, 1.82) is 0 Å². The molecule has 2 aromatic rings.